The average molecular weight is 503 g/mol. The van der Waals surface area contributed by atoms with Gasteiger partial charge in [-0.15, -0.1) is 23.1 Å². The van der Waals surface area contributed by atoms with Crippen molar-refractivity contribution >= 4 is 68.8 Å². The number of rotatable bonds is 7. The fourth-order valence-electron chi connectivity index (χ4n) is 3.74. The molecule has 5 N–H and O–H groups in total. The molecule has 0 radical (unpaired) electrons. The molecule has 1 aromatic carbocycles. The van der Waals surface area contributed by atoms with Gasteiger partial charge in [0.25, 0.3) is 5.91 Å². The summed E-state index contributed by atoms with van der Waals surface area (Å²) < 4.78 is 0. The minimum absolute atomic E-state index is 0.00913. The van der Waals surface area contributed by atoms with Gasteiger partial charge < -0.3 is 21.1 Å². The Hall–Kier alpha value is -3.03. The molecular formula is C20H18N6O4S3. The van der Waals surface area contributed by atoms with E-state index in [1.54, 1.807) is 5.38 Å². The molecule has 5 rings (SSSR count). The lowest BCUT2D eigenvalue weighted by atomic mass is 10.0. The molecule has 0 saturated carbocycles. The molecule has 33 heavy (non-hydrogen) atoms. The second kappa shape index (κ2) is 8.72. The number of hydrogen-bond donors (Lipinski definition) is 4. The topological polar surface area (TPSA) is 154 Å². The number of hydrogen-bond acceptors (Lipinski definition) is 9. The maximum Gasteiger partial charge on any atom is 0.352 e. The van der Waals surface area contributed by atoms with E-state index in [0.717, 1.165) is 11.0 Å². The molecule has 1 fully saturated rings. The van der Waals surface area contributed by atoms with Gasteiger partial charge in [-0.25, -0.2) is 14.8 Å². The van der Waals surface area contributed by atoms with E-state index in [1.807, 2.05) is 24.3 Å². The predicted molar refractivity (Wildman–Crippen MR) is 127 cm³/mol. The van der Waals surface area contributed by atoms with Crippen LogP contribution < -0.4 is 11.1 Å². The molecule has 2 aliphatic heterocycles. The Balaban J connectivity index is 1.27. The first-order valence-corrected chi connectivity index (χ1v) is 12.8. The number of nitrogen functional groups attached to an aromatic ring is 1. The number of carbonyl (C=O) groups excluding carboxylic acids is 2. The van der Waals surface area contributed by atoms with Crippen molar-refractivity contribution < 1.29 is 19.5 Å². The van der Waals surface area contributed by atoms with Gasteiger partial charge in [-0.2, -0.15) is 0 Å². The number of carboxylic acids is 1. The predicted octanol–water partition coefficient (Wildman–Crippen LogP) is 1.68. The Kier molecular flexibility index (Phi) is 5.76. The molecule has 170 valence electrons. The first kappa shape index (κ1) is 21.8. The van der Waals surface area contributed by atoms with Gasteiger partial charge in [-0.3, -0.25) is 14.5 Å². The number of nitrogens with zero attached hydrogens (tertiary/aromatic N) is 3. The van der Waals surface area contributed by atoms with Gasteiger partial charge in [0.05, 0.1) is 23.1 Å². The van der Waals surface area contributed by atoms with Crippen molar-refractivity contribution in [2.45, 2.75) is 23.0 Å². The SMILES string of the molecule is Nc1nc(CC(=O)NC2C(=O)N3C(C(=O)O)=C(CSc4nc5ccccc5[nH]4)CS[C@@H]23)cs1. The molecule has 2 aromatic heterocycles. The molecule has 13 heteroatoms. The number of thioether (sulfide) groups is 2. The zero-order chi connectivity index (χ0) is 23.1. The van der Waals surface area contributed by atoms with Crippen LogP contribution in [0.4, 0.5) is 5.13 Å². The fourth-order valence-corrected chi connectivity index (χ4v) is 6.67. The number of H-pyrrole nitrogens is 1. The summed E-state index contributed by atoms with van der Waals surface area (Å²) in [5.74, 6) is -1.12. The van der Waals surface area contributed by atoms with Crippen LogP contribution in [0.5, 0.6) is 0 Å². The Bertz CT molecular complexity index is 1270. The van der Waals surface area contributed by atoms with E-state index >= 15 is 0 Å². The van der Waals surface area contributed by atoms with Gasteiger partial charge in [0.2, 0.25) is 5.91 Å². The van der Waals surface area contributed by atoms with Crippen LogP contribution in [0.3, 0.4) is 0 Å². The molecule has 2 amide bonds. The number of thiazole rings is 1. The Labute approximate surface area is 200 Å². The van der Waals surface area contributed by atoms with E-state index in [1.165, 1.54) is 39.8 Å². The summed E-state index contributed by atoms with van der Waals surface area (Å²) >= 11 is 4.07. The highest BCUT2D eigenvalue weighted by Crippen LogP contribution is 2.41. The highest BCUT2D eigenvalue weighted by Gasteiger charge is 2.54. The molecule has 2 aliphatic rings. The smallest absolute Gasteiger partial charge is 0.352 e. The van der Waals surface area contributed by atoms with Crippen LogP contribution in [-0.4, -0.2) is 65.7 Å². The average Bonchev–Trinajstić information content (AvgIpc) is 3.40. The number of benzene rings is 1. The number of β-lactam (4-membered cyclic amide) rings is 1. The zero-order valence-electron chi connectivity index (χ0n) is 17.0. The maximum absolute atomic E-state index is 12.8. The highest BCUT2D eigenvalue weighted by atomic mass is 32.2. The normalized spacial score (nSPS) is 20.0. The third-order valence-electron chi connectivity index (χ3n) is 5.23. The molecule has 4 heterocycles. The third kappa shape index (κ3) is 4.18. The van der Waals surface area contributed by atoms with Crippen molar-refractivity contribution in [1.82, 2.24) is 25.2 Å². The van der Waals surface area contributed by atoms with Crippen LogP contribution in [0.25, 0.3) is 11.0 Å². The molecule has 0 spiro atoms. The summed E-state index contributed by atoms with van der Waals surface area (Å²) in [5, 5.41) is 14.8. The van der Waals surface area contributed by atoms with Crippen LogP contribution in [-0.2, 0) is 20.8 Å². The number of nitrogens with one attached hydrogen (secondary N) is 2. The second-order valence-corrected chi connectivity index (χ2v) is 10.4. The van der Waals surface area contributed by atoms with Crippen molar-refractivity contribution in [3.63, 3.8) is 0 Å². The van der Waals surface area contributed by atoms with Crippen LogP contribution in [0.1, 0.15) is 5.69 Å². The minimum atomic E-state index is -1.16. The van der Waals surface area contributed by atoms with Crippen molar-refractivity contribution in [2.24, 2.45) is 0 Å². The Morgan fingerprint density at radius 1 is 1.33 bits per heavy atom. The lowest BCUT2D eigenvalue weighted by Crippen LogP contribution is -2.70. The lowest BCUT2D eigenvalue weighted by molar-refractivity contribution is -0.150. The number of aromatic amines is 1. The fraction of sp³-hybridized carbons (Fsp3) is 0.250. The van der Waals surface area contributed by atoms with Gasteiger partial charge in [0.15, 0.2) is 10.3 Å². The van der Waals surface area contributed by atoms with E-state index in [4.69, 9.17) is 5.73 Å². The quantitative estimate of drug-likeness (QED) is 0.279. The highest BCUT2D eigenvalue weighted by molar-refractivity contribution is 8.01. The summed E-state index contributed by atoms with van der Waals surface area (Å²) in [7, 11) is 0. The van der Waals surface area contributed by atoms with Crippen LogP contribution >= 0.6 is 34.9 Å². The van der Waals surface area contributed by atoms with E-state index in [9.17, 15) is 19.5 Å². The summed E-state index contributed by atoms with van der Waals surface area (Å²) in [6, 6.07) is 6.87. The first-order valence-electron chi connectivity index (χ1n) is 9.87. The van der Waals surface area contributed by atoms with E-state index in [-0.39, 0.29) is 18.0 Å². The molecule has 0 bridgehead atoms. The minimum Gasteiger partial charge on any atom is -0.477 e. The van der Waals surface area contributed by atoms with Crippen molar-refractivity contribution in [2.75, 3.05) is 17.2 Å². The number of aliphatic carboxylic acids is 1. The van der Waals surface area contributed by atoms with Crippen molar-refractivity contribution in [3.05, 3.63) is 46.6 Å². The molecule has 1 unspecified atom stereocenters. The first-order chi connectivity index (χ1) is 15.9. The van der Waals surface area contributed by atoms with Gasteiger partial charge in [-0.05, 0) is 17.7 Å². The monoisotopic (exact) mass is 502 g/mol. The van der Waals surface area contributed by atoms with E-state index in [0.29, 0.717) is 33.1 Å². The van der Waals surface area contributed by atoms with Crippen LogP contribution in [0, 0.1) is 0 Å². The van der Waals surface area contributed by atoms with Crippen molar-refractivity contribution in [3.8, 4) is 0 Å². The number of aromatic nitrogens is 3. The van der Waals surface area contributed by atoms with Gasteiger partial charge in [0.1, 0.15) is 17.1 Å². The lowest BCUT2D eigenvalue weighted by Gasteiger charge is -2.49. The molecule has 0 aliphatic carbocycles. The summed E-state index contributed by atoms with van der Waals surface area (Å²) in [6.45, 7) is 0. The van der Waals surface area contributed by atoms with Gasteiger partial charge in [-0.1, -0.05) is 23.9 Å². The number of anilines is 1. The second-order valence-electron chi connectivity index (χ2n) is 7.41. The summed E-state index contributed by atoms with van der Waals surface area (Å²) in [5.41, 5.74) is 8.49. The standard InChI is InChI=1S/C20H18N6O4S3/c21-19-22-10(8-32-19)5-13(27)25-14-16(28)26-15(18(29)30)9(6-31-17(14)26)7-33-20-23-11-3-1-2-4-12(11)24-20/h1-4,8,14,17H,5-7H2,(H2,21,22)(H,23,24)(H,25,27)(H,29,30)/t14?,17-/m0/s1. The summed E-state index contributed by atoms with van der Waals surface area (Å²) in [6.07, 6.45) is 0.00981. The number of carboxylic acid groups (broad SMARTS) is 1. The number of carbonyl (C=O) groups is 3. The Morgan fingerprint density at radius 3 is 2.88 bits per heavy atom. The number of fused-ring (bicyclic) bond motifs is 2. The number of nitrogens with two attached hydrogens (primary N) is 1. The Morgan fingerprint density at radius 2 is 2.15 bits per heavy atom. The molecule has 3 aromatic rings. The molecule has 1 saturated heterocycles. The van der Waals surface area contributed by atoms with E-state index in [2.05, 4.69) is 20.3 Å². The third-order valence-corrected chi connectivity index (χ3v) is 8.25. The van der Waals surface area contributed by atoms with Crippen molar-refractivity contribution in [1.29, 1.82) is 0 Å². The number of para-hydroxylation sites is 2. The van der Waals surface area contributed by atoms with Gasteiger partial charge >= 0.3 is 5.97 Å². The molecule has 2 atom stereocenters. The number of amides is 2. The summed E-state index contributed by atoms with van der Waals surface area (Å²) in [4.78, 5) is 50.2. The van der Waals surface area contributed by atoms with Gasteiger partial charge in [0, 0.05) is 16.9 Å². The zero-order valence-corrected chi connectivity index (χ0v) is 19.4. The van der Waals surface area contributed by atoms with Crippen LogP contribution in [0.2, 0.25) is 0 Å². The largest absolute Gasteiger partial charge is 0.477 e. The maximum atomic E-state index is 12.8. The van der Waals surface area contributed by atoms with E-state index < -0.39 is 23.3 Å². The molecular weight excluding hydrogens is 484 g/mol. The number of imidazole rings is 1. The molecule has 10 nitrogen and oxygen atoms in total. The van der Waals surface area contributed by atoms with Crippen LogP contribution in [0.15, 0.2) is 46.1 Å².